The maximum Gasteiger partial charge on any atom is 0.161 e. The number of hydrogen-bond donors (Lipinski definition) is 0. The number of fused-ring (bicyclic) bond motifs is 6. The van der Waals surface area contributed by atoms with E-state index < -0.39 is 0 Å². The molecule has 0 aliphatic carbocycles. The molecule has 0 amide bonds. The molecule has 2 heterocycles. The molecule has 8 aromatic carbocycles. The number of rotatable bonds is 8. The maximum atomic E-state index is 6.16. The summed E-state index contributed by atoms with van der Waals surface area (Å²) in [6, 6.07) is 67.4. The van der Waals surface area contributed by atoms with Gasteiger partial charge in [0.25, 0.3) is 0 Å². The van der Waals surface area contributed by atoms with Crippen LogP contribution < -0.4 is 0 Å². The van der Waals surface area contributed by atoms with Crippen LogP contribution in [0, 0.1) is 0 Å². The van der Waals surface area contributed by atoms with Crippen molar-refractivity contribution in [3.8, 4) is 16.8 Å². The summed E-state index contributed by atoms with van der Waals surface area (Å²) in [5.41, 5.74) is 12.4. The molecule has 10 rings (SSSR count). The van der Waals surface area contributed by atoms with Gasteiger partial charge in [-0.05, 0) is 83.4 Å². The molecule has 10 aromatic rings. The summed E-state index contributed by atoms with van der Waals surface area (Å²) in [5, 5.41) is 4.43. The Morgan fingerprint density at radius 3 is 2.00 bits per heavy atom. The highest BCUT2D eigenvalue weighted by atomic mass is 16.3. The molecule has 58 heavy (non-hydrogen) atoms. The van der Waals surface area contributed by atoms with Gasteiger partial charge in [-0.25, -0.2) is 9.98 Å². The minimum Gasteiger partial charge on any atom is -0.456 e. The van der Waals surface area contributed by atoms with E-state index >= 15 is 0 Å². The Hall–Kier alpha value is -7.63. The zero-order chi connectivity index (χ0) is 38.8. The Kier molecular flexibility index (Phi) is 9.09. The lowest BCUT2D eigenvalue weighted by Crippen LogP contribution is -2.09. The summed E-state index contributed by atoms with van der Waals surface area (Å²) in [5.74, 6) is 1.07. The molecule has 5 nitrogen and oxygen atoms in total. The first kappa shape index (κ1) is 34.8. The second kappa shape index (κ2) is 15.1. The second-order valence-corrected chi connectivity index (χ2v) is 14.4. The Balaban J connectivity index is 1.18. The fourth-order valence-electron chi connectivity index (χ4n) is 8.21. The topological polar surface area (TPSA) is 55.1 Å². The highest BCUT2D eigenvalue weighted by molar-refractivity contribution is 6.21. The standard InChI is InChI=1S/C53H38N4O/c1-54-52(45-26-11-10-23-41(45)40-22-9-8-19-38(40)33-36-17-4-2-5-18-36)56-53(55-35-37-31-32-50-47(34-37)43-25-13-15-30-49(43)58-50)46-28-16-27-44-42-24-12-14-29-48(42)57(51(44)46)39-20-6-3-7-21-39/h2-32,34H,1,33,35H2. The third kappa shape index (κ3) is 6.39. The summed E-state index contributed by atoms with van der Waals surface area (Å²) in [6.45, 7) is 4.49. The van der Waals surface area contributed by atoms with Crippen molar-refractivity contribution in [2.75, 3.05) is 0 Å². The van der Waals surface area contributed by atoms with Crippen molar-refractivity contribution in [3.63, 3.8) is 0 Å². The van der Waals surface area contributed by atoms with E-state index in [0.29, 0.717) is 18.2 Å². The van der Waals surface area contributed by atoms with Crippen LogP contribution in [0.2, 0.25) is 0 Å². The van der Waals surface area contributed by atoms with Crippen molar-refractivity contribution in [1.29, 1.82) is 0 Å². The van der Waals surface area contributed by atoms with Gasteiger partial charge in [-0.15, -0.1) is 0 Å². The molecular formula is C53H38N4O. The molecule has 0 aliphatic rings. The normalized spacial score (nSPS) is 12.2. The van der Waals surface area contributed by atoms with Crippen LogP contribution in [0.3, 0.4) is 0 Å². The van der Waals surface area contributed by atoms with E-state index in [-0.39, 0.29) is 0 Å². The van der Waals surface area contributed by atoms with Gasteiger partial charge in [0.2, 0.25) is 0 Å². The van der Waals surface area contributed by atoms with Gasteiger partial charge in [-0.3, -0.25) is 4.99 Å². The van der Waals surface area contributed by atoms with Crippen molar-refractivity contribution in [2.45, 2.75) is 13.0 Å². The maximum absolute atomic E-state index is 6.16. The van der Waals surface area contributed by atoms with Gasteiger partial charge >= 0.3 is 0 Å². The molecule has 0 N–H and O–H groups in total. The molecule has 0 saturated carbocycles. The SMILES string of the molecule is C=NC(=NC(=NCc1ccc2oc3ccccc3c2c1)c1cccc2c3ccccc3n(-c3ccccc3)c12)c1ccccc1-c1ccccc1Cc1ccccc1. The average molecular weight is 747 g/mol. The Labute approximate surface area is 336 Å². The third-order valence-corrected chi connectivity index (χ3v) is 10.9. The zero-order valence-corrected chi connectivity index (χ0v) is 31.8. The van der Waals surface area contributed by atoms with Crippen molar-refractivity contribution in [3.05, 3.63) is 222 Å². The first-order valence-electron chi connectivity index (χ1n) is 19.5. The minimum atomic E-state index is 0.391. The molecule has 0 saturated heterocycles. The number of amidine groups is 2. The van der Waals surface area contributed by atoms with Crippen molar-refractivity contribution in [2.24, 2.45) is 15.0 Å². The van der Waals surface area contributed by atoms with E-state index in [1.165, 1.54) is 11.1 Å². The van der Waals surface area contributed by atoms with Crippen LogP contribution in [0.15, 0.2) is 214 Å². The summed E-state index contributed by atoms with van der Waals surface area (Å²) < 4.78 is 8.48. The zero-order valence-electron chi connectivity index (χ0n) is 31.8. The minimum absolute atomic E-state index is 0.391. The molecule has 0 bridgehead atoms. The third-order valence-electron chi connectivity index (χ3n) is 10.9. The fraction of sp³-hybridized carbons (Fsp3) is 0.0377. The quantitative estimate of drug-likeness (QED) is 0.113. The lowest BCUT2D eigenvalue weighted by atomic mass is 9.92. The van der Waals surface area contributed by atoms with E-state index in [1.807, 2.05) is 36.4 Å². The largest absolute Gasteiger partial charge is 0.456 e. The van der Waals surface area contributed by atoms with E-state index in [0.717, 1.165) is 83.7 Å². The van der Waals surface area contributed by atoms with Gasteiger partial charge in [0.15, 0.2) is 11.7 Å². The number of aliphatic imine (C=N–C) groups is 3. The number of benzene rings is 8. The van der Waals surface area contributed by atoms with Crippen molar-refractivity contribution in [1.82, 2.24) is 4.57 Å². The van der Waals surface area contributed by atoms with E-state index in [4.69, 9.17) is 14.4 Å². The van der Waals surface area contributed by atoms with Gasteiger partial charge in [-0.1, -0.05) is 152 Å². The van der Waals surface area contributed by atoms with Gasteiger partial charge < -0.3 is 8.98 Å². The van der Waals surface area contributed by atoms with E-state index in [9.17, 15) is 0 Å². The van der Waals surface area contributed by atoms with Crippen LogP contribution in [0.25, 0.3) is 60.6 Å². The molecule has 0 atom stereocenters. The first-order valence-corrected chi connectivity index (χ1v) is 19.5. The molecule has 0 spiro atoms. The van der Waals surface area contributed by atoms with Gasteiger partial charge in [0, 0.05) is 38.4 Å². The lowest BCUT2D eigenvalue weighted by Gasteiger charge is -2.15. The molecular weight excluding hydrogens is 709 g/mol. The lowest BCUT2D eigenvalue weighted by molar-refractivity contribution is 0.669. The molecule has 0 fully saturated rings. The Morgan fingerprint density at radius 1 is 0.500 bits per heavy atom. The summed E-state index contributed by atoms with van der Waals surface area (Å²) in [6.07, 6.45) is 0.800. The number of para-hydroxylation sites is 4. The van der Waals surface area contributed by atoms with Crippen molar-refractivity contribution < 1.29 is 4.42 Å². The van der Waals surface area contributed by atoms with Gasteiger partial charge in [0.1, 0.15) is 11.2 Å². The van der Waals surface area contributed by atoms with Crippen LogP contribution >= 0.6 is 0 Å². The van der Waals surface area contributed by atoms with Crippen LogP contribution in [0.1, 0.15) is 27.8 Å². The summed E-state index contributed by atoms with van der Waals surface area (Å²) in [7, 11) is 0. The van der Waals surface area contributed by atoms with E-state index in [1.54, 1.807) is 0 Å². The monoisotopic (exact) mass is 746 g/mol. The summed E-state index contributed by atoms with van der Waals surface area (Å²) >= 11 is 0. The average Bonchev–Trinajstić information content (AvgIpc) is 3.83. The molecule has 5 heteroatoms. The molecule has 0 radical (unpaired) electrons. The number of aromatic nitrogens is 1. The number of hydrogen-bond acceptors (Lipinski definition) is 2. The van der Waals surface area contributed by atoms with Crippen LogP contribution in [-0.2, 0) is 13.0 Å². The van der Waals surface area contributed by atoms with Crippen molar-refractivity contribution >= 4 is 62.1 Å². The molecule has 0 unspecified atom stereocenters. The number of furan rings is 1. The van der Waals surface area contributed by atoms with Gasteiger partial charge in [-0.2, -0.15) is 0 Å². The van der Waals surface area contributed by atoms with E-state index in [2.05, 4.69) is 174 Å². The predicted molar refractivity (Wildman–Crippen MR) is 242 cm³/mol. The van der Waals surface area contributed by atoms with Crippen LogP contribution in [0.5, 0.6) is 0 Å². The van der Waals surface area contributed by atoms with Crippen LogP contribution in [0.4, 0.5) is 0 Å². The number of nitrogens with zero attached hydrogens (tertiary/aromatic N) is 4. The Morgan fingerprint density at radius 2 is 1.16 bits per heavy atom. The predicted octanol–water partition coefficient (Wildman–Crippen LogP) is 13.0. The second-order valence-electron chi connectivity index (χ2n) is 14.4. The van der Waals surface area contributed by atoms with Crippen LogP contribution in [-0.4, -0.2) is 23.0 Å². The fourth-order valence-corrected chi connectivity index (χ4v) is 8.21. The molecule has 2 aromatic heterocycles. The summed E-state index contributed by atoms with van der Waals surface area (Å²) in [4.78, 5) is 15.4. The first-order chi connectivity index (χ1) is 28.7. The molecule has 276 valence electrons. The highest BCUT2D eigenvalue weighted by Crippen LogP contribution is 2.36. The van der Waals surface area contributed by atoms with Gasteiger partial charge in [0.05, 0.1) is 17.6 Å². The highest BCUT2D eigenvalue weighted by Gasteiger charge is 2.20. The molecule has 0 aliphatic heterocycles. The Bertz CT molecular complexity index is 3190. The smallest absolute Gasteiger partial charge is 0.161 e.